The summed E-state index contributed by atoms with van der Waals surface area (Å²) < 4.78 is 37.9. The van der Waals surface area contributed by atoms with Crippen molar-refractivity contribution in [3.05, 3.63) is 29.8 Å². The zero-order chi connectivity index (χ0) is 15.6. The van der Waals surface area contributed by atoms with Crippen LogP contribution in [-0.2, 0) is 4.79 Å². The van der Waals surface area contributed by atoms with Crippen LogP contribution in [0.1, 0.15) is 30.6 Å². The molecule has 7 heteroatoms. The number of carbonyl (C=O) groups excluding carboxylic acids is 1. The second-order valence-electron chi connectivity index (χ2n) is 4.99. The van der Waals surface area contributed by atoms with Crippen LogP contribution in [-0.4, -0.2) is 23.2 Å². The summed E-state index contributed by atoms with van der Waals surface area (Å²) in [6.45, 7) is 1.86. The number of rotatable bonds is 4. The normalized spacial score (nSPS) is 12.1. The number of hydrogen-bond acceptors (Lipinski definition) is 2. The molecule has 2 N–H and O–H groups in total. The zero-order valence-electron chi connectivity index (χ0n) is 10.9. The molecule has 1 amide bonds. The molecule has 0 fully saturated rings. The average molecular weight is 289 g/mol. The smallest absolute Gasteiger partial charge is 0.394 e. The van der Waals surface area contributed by atoms with Gasteiger partial charge in [-0.2, -0.15) is 13.2 Å². The third-order valence-corrected chi connectivity index (χ3v) is 2.76. The third kappa shape index (κ3) is 3.97. The Balaban J connectivity index is 2.77. The number of nitrogens with one attached hydrogen (secondary N) is 1. The van der Waals surface area contributed by atoms with Gasteiger partial charge in [-0.25, -0.2) is 4.79 Å². The summed E-state index contributed by atoms with van der Waals surface area (Å²) in [5.74, 6) is -2.01. The maximum Gasteiger partial charge on any atom is 0.394 e. The summed E-state index contributed by atoms with van der Waals surface area (Å²) in [6, 6.07) is 5.30. The largest absolute Gasteiger partial charge is 0.478 e. The highest BCUT2D eigenvalue weighted by Gasteiger charge is 2.48. The first-order valence-electron chi connectivity index (χ1n) is 5.73. The van der Waals surface area contributed by atoms with Gasteiger partial charge in [-0.05, 0) is 18.2 Å². The van der Waals surface area contributed by atoms with Gasteiger partial charge in [0.15, 0.2) is 0 Å². The van der Waals surface area contributed by atoms with Crippen molar-refractivity contribution in [2.75, 3.05) is 5.32 Å². The molecular formula is C13H14F3NO3. The van der Waals surface area contributed by atoms with Crippen LogP contribution in [0.15, 0.2) is 24.3 Å². The summed E-state index contributed by atoms with van der Waals surface area (Å²) in [6.07, 6.45) is -5.24. The van der Waals surface area contributed by atoms with Crippen LogP contribution in [0.4, 0.5) is 18.9 Å². The molecule has 0 heterocycles. The first-order valence-corrected chi connectivity index (χ1v) is 5.73. The van der Waals surface area contributed by atoms with Gasteiger partial charge >= 0.3 is 12.1 Å². The minimum atomic E-state index is -4.49. The van der Waals surface area contributed by atoms with E-state index in [0.717, 1.165) is 13.8 Å². The number of aromatic carboxylic acids is 1. The highest BCUT2D eigenvalue weighted by atomic mass is 19.4. The maximum absolute atomic E-state index is 12.6. The maximum atomic E-state index is 12.6. The van der Waals surface area contributed by atoms with Gasteiger partial charge in [-0.3, -0.25) is 4.79 Å². The molecule has 0 saturated heterocycles. The Bertz CT molecular complexity index is 524. The van der Waals surface area contributed by atoms with Gasteiger partial charge in [0.25, 0.3) is 0 Å². The van der Waals surface area contributed by atoms with Gasteiger partial charge in [0.2, 0.25) is 5.91 Å². The summed E-state index contributed by atoms with van der Waals surface area (Å²) in [5, 5.41) is 11.0. The van der Waals surface area contributed by atoms with Crippen molar-refractivity contribution in [3.63, 3.8) is 0 Å². The van der Waals surface area contributed by atoms with Gasteiger partial charge in [-0.15, -0.1) is 0 Å². The molecule has 0 aromatic heterocycles. The molecule has 0 bridgehead atoms. The van der Waals surface area contributed by atoms with E-state index in [1.54, 1.807) is 0 Å². The Kier molecular flexibility index (Phi) is 4.42. The number of carboxylic acids is 1. The van der Waals surface area contributed by atoms with Gasteiger partial charge in [0.05, 0.1) is 11.0 Å². The first kappa shape index (κ1) is 16.0. The molecule has 0 saturated carbocycles. The number of alkyl halides is 3. The molecule has 0 spiro atoms. The Morgan fingerprint density at radius 3 is 2.35 bits per heavy atom. The van der Waals surface area contributed by atoms with Crippen LogP contribution >= 0.6 is 0 Å². The van der Waals surface area contributed by atoms with Crippen LogP contribution in [0.25, 0.3) is 0 Å². The lowest BCUT2D eigenvalue weighted by Gasteiger charge is -2.26. The fourth-order valence-corrected chi connectivity index (χ4v) is 1.44. The third-order valence-electron chi connectivity index (χ3n) is 2.76. The number of carbonyl (C=O) groups is 2. The lowest BCUT2D eigenvalue weighted by Crippen LogP contribution is -2.35. The van der Waals surface area contributed by atoms with Gasteiger partial charge in [0, 0.05) is 12.1 Å². The highest BCUT2D eigenvalue weighted by molar-refractivity contribution is 5.94. The molecule has 20 heavy (non-hydrogen) atoms. The van der Waals surface area contributed by atoms with Crippen molar-refractivity contribution in [3.8, 4) is 0 Å². The number of anilines is 1. The Hall–Kier alpha value is -2.05. The van der Waals surface area contributed by atoms with Crippen molar-refractivity contribution >= 4 is 17.6 Å². The Morgan fingerprint density at radius 1 is 1.25 bits per heavy atom. The zero-order valence-corrected chi connectivity index (χ0v) is 10.9. The van der Waals surface area contributed by atoms with Crippen molar-refractivity contribution in [2.45, 2.75) is 26.4 Å². The number of hydrogen-bond donors (Lipinski definition) is 2. The molecule has 1 rings (SSSR count). The fourth-order valence-electron chi connectivity index (χ4n) is 1.44. The topological polar surface area (TPSA) is 66.4 Å². The number of carboxylic acid groups (broad SMARTS) is 1. The summed E-state index contributed by atoms with van der Waals surface area (Å²) in [7, 11) is 0. The van der Waals surface area contributed by atoms with Gasteiger partial charge < -0.3 is 10.4 Å². The summed E-state index contributed by atoms with van der Waals surface area (Å²) >= 11 is 0. The van der Waals surface area contributed by atoms with Crippen molar-refractivity contribution in [2.24, 2.45) is 5.41 Å². The minimum Gasteiger partial charge on any atom is -0.478 e. The lowest BCUT2D eigenvalue weighted by atomic mass is 9.88. The van der Waals surface area contributed by atoms with Gasteiger partial charge in [-0.1, -0.05) is 19.9 Å². The van der Waals surface area contributed by atoms with Crippen molar-refractivity contribution in [1.82, 2.24) is 0 Å². The van der Waals surface area contributed by atoms with E-state index in [2.05, 4.69) is 5.32 Å². The van der Waals surface area contributed by atoms with Crippen LogP contribution in [0.2, 0.25) is 0 Å². The number of benzene rings is 1. The standard InChI is InChI=1S/C13H14F3NO3/c1-12(2,13(14,15)16)7-10(18)17-9-5-3-4-8(6-9)11(19)20/h3-6H,7H2,1-2H3,(H,17,18)(H,19,20). The summed E-state index contributed by atoms with van der Waals surface area (Å²) in [5.41, 5.74) is -2.06. The van der Waals surface area contributed by atoms with Crippen molar-refractivity contribution < 1.29 is 27.9 Å². The van der Waals surface area contributed by atoms with Gasteiger partial charge in [0.1, 0.15) is 0 Å². The second-order valence-corrected chi connectivity index (χ2v) is 4.99. The molecule has 4 nitrogen and oxygen atoms in total. The minimum absolute atomic E-state index is 0.0575. The Morgan fingerprint density at radius 2 is 1.85 bits per heavy atom. The molecule has 1 aromatic rings. The molecule has 0 aliphatic rings. The highest BCUT2D eigenvalue weighted by Crippen LogP contribution is 2.40. The van der Waals surface area contributed by atoms with E-state index in [-0.39, 0.29) is 11.3 Å². The summed E-state index contributed by atoms with van der Waals surface area (Å²) in [4.78, 5) is 22.3. The fraction of sp³-hybridized carbons (Fsp3) is 0.385. The SMILES string of the molecule is CC(C)(CC(=O)Nc1cccc(C(=O)O)c1)C(F)(F)F. The Labute approximate surface area is 113 Å². The van der Waals surface area contributed by atoms with E-state index in [1.165, 1.54) is 24.3 Å². The second kappa shape index (κ2) is 5.52. The predicted octanol–water partition coefficient (Wildman–Crippen LogP) is 3.30. The van der Waals surface area contributed by atoms with Crippen molar-refractivity contribution in [1.29, 1.82) is 0 Å². The molecule has 0 atom stereocenters. The van der Waals surface area contributed by atoms with Crippen LogP contribution in [0.5, 0.6) is 0 Å². The molecule has 110 valence electrons. The molecule has 0 aliphatic heterocycles. The van der Waals surface area contributed by atoms with Crippen LogP contribution in [0, 0.1) is 5.41 Å². The molecule has 1 aromatic carbocycles. The van der Waals surface area contributed by atoms with E-state index < -0.39 is 29.9 Å². The van der Waals surface area contributed by atoms with Crippen LogP contribution < -0.4 is 5.32 Å². The van der Waals surface area contributed by atoms with E-state index in [4.69, 9.17) is 5.11 Å². The molecule has 0 radical (unpaired) electrons. The molecular weight excluding hydrogens is 275 g/mol. The van der Waals surface area contributed by atoms with E-state index in [9.17, 15) is 22.8 Å². The first-order chi connectivity index (χ1) is 9.03. The molecule has 0 aliphatic carbocycles. The monoisotopic (exact) mass is 289 g/mol. The number of amides is 1. The predicted molar refractivity (Wildman–Crippen MR) is 66.5 cm³/mol. The van der Waals surface area contributed by atoms with E-state index in [0.29, 0.717) is 0 Å². The lowest BCUT2D eigenvalue weighted by molar-refractivity contribution is -0.213. The average Bonchev–Trinajstić information content (AvgIpc) is 2.26. The van der Waals surface area contributed by atoms with E-state index in [1.807, 2.05) is 0 Å². The quantitative estimate of drug-likeness (QED) is 0.893. The van der Waals surface area contributed by atoms with E-state index >= 15 is 0 Å². The molecule has 0 unspecified atom stereocenters. The van der Waals surface area contributed by atoms with Crippen LogP contribution in [0.3, 0.4) is 0 Å². The number of halogens is 3.